The van der Waals surface area contributed by atoms with Gasteiger partial charge in [0.2, 0.25) is 5.91 Å². The van der Waals surface area contributed by atoms with Gasteiger partial charge in [-0.25, -0.2) is 4.98 Å². The van der Waals surface area contributed by atoms with Gasteiger partial charge in [-0.2, -0.15) is 0 Å². The summed E-state index contributed by atoms with van der Waals surface area (Å²) < 4.78 is 0. The standard InChI is InChI=1S/C15H20N2O2S2/c1-3-15(2,6-7-18)17-13(19)9-11-10-21-14(16-11)12-5-4-8-20-12/h4-5,8,10,18H,3,6-7,9H2,1-2H3,(H,17,19). The summed E-state index contributed by atoms with van der Waals surface area (Å²) in [6, 6.07) is 4.03. The molecule has 0 aliphatic heterocycles. The number of hydrogen-bond donors (Lipinski definition) is 2. The molecule has 2 heterocycles. The first-order valence-electron chi connectivity index (χ1n) is 6.96. The zero-order valence-electron chi connectivity index (χ0n) is 12.3. The molecule has 0 saturated heterocycles. The molecule has 1 amide bonds. The molecule has 1 unspecified atom stereocenters. The van der Waals surface area contributed by atoms with Crippen molar-refractivity contribution in [1.29, 1.82) is 0 Å². The molecule has 2 aromatic rings. The van der Waals surface area contributed by atoms with E-state index in [0.29, 0.717) is 6.42 Å². The molecule has 6 heteroatoms. The number of carbonyl (C=O) groups is 1. The van der Waals surface area contributed by atoms with Crippen molar-refractivity contribution in [2.24, 2.45) is 0 Å². The molecule has 2 rings (SSSR count). The number of aromatic nitrogens is 1. The van der Waals surface area contributed by atoms with Crippen LogP contribution < -0.4 is 5.32 Å². The number of carbonyl (C=O) groups excluding carboxylic acids is 1. The third-order valence-electron chi connectivity index (χ3n) is 3.51. The van der Waals surface area contributed by atoms with Crippen molar-refractivity contribution >= 4 is 28.6 Å². The van der Waals surface area contributed by atoms with E-state index in [9.17, 15) is 4.79 Å². The molecule has 0 bridgehead atoms. The molecule has 0 aromatic carbocycles. The molecular weight excluding hydrogens is 304 g/mol. The highest BCUT2D eigenvalue weighted by Crippen LogP contribution is 2.28. The van der Waals surface area contributed by atoms with E-state index < -0.39 is 0 Å². The second-order valence-corrected chi connectivity index (χ2v) is 7.04. The van der Waals surface area contributed by atoms with Crippen LogP contribution in [0.3, 0.4) is 0 Å². The molecule has 2 N–H and O–H groups in total. The summed E-state index contributed by atoms with van der Waals surface area (Å²) in [5.74, 6) is -0.0455. The van der Waals surface area contributed by atoms with Crippen molar-refractivity contribution in [3.8, 4) is 9.88 Å². The maximum atomic E-state index is 12.1. The smallest absolute Gasteiger partial charge is 0.226 e. The van der Waals surface area contributed by atoms with Crippen molar-refractivity contribution in [2.75, 3.05) is 6.61 Å². The van der Waals surface area contributed by atoms with Crippen LogP contribution in [0.25, 0.3) is 9.88 Å². The van der Waals surface area contributed by atoms with Gasteiger partial charge < -0.3 is 10.4 Å². The normalized spacial score (nSPS) is 13.9. The zero-order chi connectivity index (χ0) is 15.3. The molecule has 1 atom stereocenters. The third kappa shape index (κ3) is 4.36. The van der Waals surface area contributed by atoms with E-state index in [0.717, 1.165) is 22.0 Å². The average Bonchev–Trinajstić information content (AvgIpc) is 3.09. The second-order valence-electron chi connectivity index (χ2n) is 5.23. The molecule has 0 fully saturated rings. The highest BCUT2D eigenvalue weighted by molar-refractivity contribution is 7.20. The van der Waals surface area contributed by atoms with Crippen molar-refractivity contribution in [1.82, 2.24) is 10.3 Å². The highest BCUT2D eigenvalue weighted by Gasteiger charge is 2.23. The predicted molar refractivity (Wildman–Crippen MR) is 87.7 cm³/mol. The number of nitrogens with one attached hydrogen (secondary N) is 1. The Balaban J connectivity index is 1.97. The van der Waals surface area contributed by atoms with Crippen LogP contribution in [0.1, 0.15) is 32.4 Å². The minimum absolute atomic E-state index is 0.0455. The number of aliphatic hydroxyl groups is 1. The Morgan fingerprint density at radius 1 is 1.48 bits per heavy atom. The van der Waals surface area contributed by atoms with Gasteiger partial charge in [0.1, 0.15) is 5.01 Å². The van der Waals surface area contributed by atoms with E-state index in [1.165, 1.54) is 0 Å². The lowest BCUT2D eigenvalue weighted by atomic mass is 9.94. The van der Waals surface area contributed by atoms with E-state index in [1.807, 2.05) is 36.7 Å². The van der Waals surface area contributed by atoms with Gasteiger partial charge in [-0.15, -0.1) is 22.7 Å². The minimum Gasteiger partial charge on any atom is -0.396 e. The Kier molecular flexibility index (Phi) is 5.50. The summed E-state index contributed by atoms with van der Waals surface area (Å²) in [7, 11) is 0. The van der Waals surface area contributed by atoms with Crippen LogP contribution >= 0.6 is 22.7 Å². The summed E-state index contributed by atoms with van der Waals surface area (Å²) in [5, 5.41) is 17.0. The predicted octanol–water partition coefficient (Wildman–Crippen LogP) is 3.08. The van der Waals surface area contributed by atoms with Crippen LogP contribution in [0, 0.1) is 0 Å². The van der Waals surface area contributed by atoms with Gasteiger partial charge in [-0.3, -0.25) is 4.79 Å². The largest absolute Gasteiger partial charge is 0.396 e. The fourth-order valence-corrected chi connectivity index (χ4v) is 3.66. The first kappa shape index (κ1) is 16.1. The van der Waals surface area contributed by atoms with Crippen LogP contribution in [-0.2, 0) is 11.2 Å². The molecule has 4 nitrogen and oxygen atoms in total. The molecule has 2 aromatic heterocycles. The van der Waals surface area contributed by atoms with Gasteiger partial charge in [0.05, 0.1) is 17.0 Å². The first-order chi connectivity index (χ1) is 10.1. The molecule has 0 aliphatic rings. The van der Waals surface area contributed by atoms with Gasteiger partial charge >= 0.3 is 0 Å². The zero-order valence-corrected chi connectivity index (χ0v) is 13.9. The third-order valence-corrected chi connectivity index (χ3v) is 5.44. The van der Waals surface area contributed by atoms with Gasteiger partial charge in [0.15, 0.2) is 0 Å². The molecule has 0 saturated carbocycles. The van der Waals surface area contributed by atoms with Gasteiger partial charge in [-0.1, -0.05) is 13.0 Å². The van der Waals surface area contributed by atoms with Crippen molar-refractivity contribution in [2.45, 2.75) is 38.6 Å². The number of rotatable bonds is 7. The SMILES string of the molecule is CCC(C)(CCO)NC(=O)Cc1csc(-c2cccs2)n1. The molecule has 114 valence electrons. The van der Waals surface area contributed by atoms with Crippen LogP contribution in [0.4, 0.5) is 0 Å². The van der Waals surface area contributed by atoms with Crippen molar-refractivity contribution in [3.05, 3.63) is 28.6 Å². The van der Waals surface area contributed by atoms with Crippen LogP contribution in [0.15, 0.2) is 22.9 Å². The molecule has 0 radical (unpaired) electrons. The number of hydrogen-bond acceptors (Lipinski definition) is 5. The Morgan fingerprint density at radius 2 is 2.29 bits per heavy atom. The van der Waals surface area contributed by atoms with E-state index in [4.69, 9.17) is 5.11 Å². The second kappa shape index (κ2) is 7.15. The number of nitrogens with zero attached hydrogens (tertiary/aromatic N) is 1. The maximum Gasteiger partial charge on any atom is 0.226 e. The lowest BCUT2D eigenvalue weighted by molar-refractivity contribution is -0.122. The van der Waals surface area contributed by atoms with Crippen LogP contribution in [0.2, 0.25) is 0 Å². The van der Waals surface area contributed by atoms with Gasteiger partial charge in [-0.05, 0) is 31.2 Å². The Bertz CT molecular complexity index is 580. The van der Waals surface area contributed by atoms with Crippen molar-refractivity contribution in [3.63, 3.8) is 0 Å². The summed E-state index contributed by atoms with van der Waals surface area (Å²) in [4.78, 5) is 17.8. The fourth-order valence-electron chi connectivity index (χ4n) is 2.02. The monoisotopic (exact) mass is 324 g/mol. The van der Waals surface area contributed by atoms with Crippen molar-refractivity contribution < 1.29 is 9.90 Å². The molecule has 0 spiro atoms. The summed E-state index contributed by atoms with van der Waals surface area (Å²) in [6.45, 7) is 4.04. The van der Waals surface area contributed by atoms with E-state index in [-0.39, 0.29) is 24.5 Å². The van der Waals surface area contributed by atoms with Gasteiger partial charge in [0, 0.05) is 17.5 Å². The lowest BCUT2D eigenvalue weighted by Gasteiger charge is -2.28. The summed E-state index contributed by atoms with van der Waals surface area (Å²) >= 11 is 3.21. The molecule has 21 heavy (non-hydrogen) atoms. The number of thiophene rings is 1. The molecule has 0 aliphatic carbocycles. The van der Waals surface area contributed by atoms with E-state index in [1.54, 1.807) is 22.7 Å². The lowest BCUT2D eigenvalue weighted by Crippen LogP contribution is -2.46. The van der Waals surface area contributed by atoms with Crippen LogP contribution in [-0.4, -0.2) is 28.1 Å². The number of amides is 1. The van der Waals surface area contributed by atoms with Gasteiger partial charge in [0.25, 0.3) is 0 Å². The summed E-state index contributed by atoms with van der Waals surface area (Å²) in [6.07, 6.45) is 1.63. The van der Waals surface area contributed by atoms with Crippen LogP contribution in [0.5, 0.6) is 0 Å². The maximum absolute atomic E-state index is 12.1. The fraction of sp³-hybridized carbons (Fsp3) is 0.467. The minimum atomic E-state index is -0.349. The summed E-state index contributed by atoms with van der Waals surface area (Å²) in [5.41, 5.74) is 0.446. The Morgan fingerprint density at radius 3 is 2.90 bits per heavy atom. The number of thiazole rings is 1. The number of aliphatic hydroxyl groups excluding tert-OH is 1. The highest BCUT2D eigenvalue weighted by atomic mass is 32.1. The quantitative estimate of drug-likeness (QED) is 0.823. The average molecular weight is 324 g/mol. The molecular formula is C15H20N2O2S2. The van der Waals surface area contributed by atoms with E-state index in [2.05, 4.69) is 10.3 Å². The van der Waals surface area contributed by atoms with E-state index >= 15 is 0 Å². The topological polar surface area (TPSA) is 62.2 Å². The first-order valence-corrected chi connectivity index (χ1v) is 8.72. The Labute approximate surface area is 132 Å². The Hall–Kier alpha value is -1.24.